The molecule has 2 atom stereocenters. The maximum atomic E-state index is 12.0. The molecule has 0 aliphatic carbocycles. The fourth-order valence-corrected chi connectivity index (χ4v) is 2.86. The second-order valence-corrected chi connectivity index (χ2v) is 5.21. The Labute approximate surface area is 115 Å². The van der Waals surface area contributed by atoms with E-state index in [1.54, 1.807) is 0 Å². The summed E-state index contributed by atoms with van der Waals surface area (Å²) in [6, 6.07) is 10.4. The number of likely N-dealkylation sites (tertiary alicyclic amines) is 1. The summed E-state index contributed by atoms with van der Waals surface area (Å²) < 4.78 is 5.19. The molecule has 0 amide bonds. The van der Waals surface area contributed by atoms with Crippen LogP contribution in [0.1, 0.15) is 25.8 Å². The molecule has 0 spiro atoms. The van der Waals surface area contributed by atoms with Crippen LogP contribution in [0.25, 0.3) is 0 Å². The van der Waals surface area contributed by atoms with Crippen molar-refractivity contribution < 1.29 is 9.53 Å². The van der Waals surface area contributed by atoms with E-state index in [0.29, 0.717) is 12.5 Å². The molecule has 1 aromatic carbocycles. The molecular formula is C16H23NO2. The summed E-state index contributed by atoms with van der Waals surface area (Å²) in [5.74, 6) is 0.460. The summed E-state index contributed by atoms with van der Waals surface area (Å²) >= 11 is 0. The minimum Gasteiger partial charge on any atom is -0.466 e. The van der Waals surface area contributed by atoms with Crippen LogP contribution in [0.3, 0.4) is 0 Å². The highest BCUT2D eigenvalue weighted by atomic mass is 16.5. The molecule has 1 heterocycles. The Bertz CT molecular complexity index is 404. The molecule has 0 saturated carbocycles. The smallest absolute Gasteiger partial charge is 0.310 e. The van der Waals surface area contributed by atoms with Gasteiger partial charge >= 0.3 is 5.97 Å². The van der Waals surface area contributed by atoms with Crippen molar-refractivity contribution in [2.24, 2.45) is 11.8 Å². The second kappa shape index (κ2) is 6.71. The van der Waals surface area contributed by atoms with Gasteiger partial charge in [-0.2, -0.15) is 0 Å². The molecule has 19 heavy (non-hydrogen) atoms. The number of nitrogens with zero attached hydrogens (tertiary/aromatic N) is 1. The van der Waals surface area contributed by atoms with Gasteiger partial charge < -0.3 is 4.74 Å². The fraction of sp³-hybridized carbons (Fsp3) is 0.562. The first-order valence-corrected chi connectivity index (χ1v) is 7.17. The van der Waals surface area contributed by atoms with Crippen molar-refractivity contribution in [3.05, 3.63) is 35.9 Å². The Kier molecular flexibility index (Phi) is 4.97. The van der Waals surface area contributed by atoms with Gasteiger partial charge in [0.2, 0.25) is 0 Å². The van der Waals surface area contributed by atoms with E-state index in [2.05, 4.69) is 36.1 Å². The number of carbonyl (C=O) groups is 1. The van der Waals surface area contributed by atoms with E-state index in [0.717, 1.165) is 26.1 Å². The van der Waals surface area contributed by atoms with Crippen molar-refractivity contribution in [1.82, 2.24) is 4.90 Å². The van der Waals surface area contributed by atoms with Gasteiger partial charge in [-0.15, -0.1) is 0 Å². The molecule has 1 aromatic rings. The van der Waals surface area contributed by atoms with E-state index in [-0.39, 0.29) is 11.9 Å². The van der Waals surface area contributed by atoms with Crippen LogP contribution in [0.4, 0.5) is 0 Å². The lowest BCUT2D eigenvalue weighted by Crippen LogP contribution is -2.25. The molecule has 0 N–H and O–H groups in total. The Morgan fingerprint density at radius 2 is 2.00 bits per heavy atom. The summed E-state index contributed by atoms with van der Waals surface area (Å²) in [6.07, 6.45) is 1.04. The van der Waals surface area contributed by atoms with Gasteiger partial charge in [0.05, 0.1) is 12.5 Å². The zero-order valence-corrected chi connectivity index (χ0v) is 11.8. The van der Waals surface area contributed by atoms with Gasteiger partial charge in [-0.3, -0.25) is 9.69 Å². The second-order valence-electron chi connectivity index (χ2n) is 5.21. The van der Waals surface area contributed by atoms with Crippen LogP contribution in [0.5, 0.6) is 0 Å². The van der Waals surface area contributed by atoms with Crippen molar-refractivity contribution in [3.8, 4) is 0 Å². The van der Waals surface area contributed by atoms with Gasteiger partial charge in [0.15, 0.2) is 0 Å². The highest BCUT2D eigenvalue weighted by Gasteiger charge is 2.37. The highest BCUT2D eigenvalue weighted by molar-refractivity contribution is 5.73. The monoisotopic (exact) mass is 261 g/mol. The van der Waals surface area contributed by atoms with Gasteiger partial charge in [0.1, 0.15) is 0 Å². The van der Waals surface area contributed by atoms with Crippen molar-refractivity contribution in [2.45, 2.75) is 26.8 Å². The third kappa shape index (κ3) is 3.57. The van der Waals surface area contributed by atoms with E-state index in [1.165, 1.54) is 5.56 Å². The molecule has 1 unspecified atom stereocenters. The Hall–Kier alpha value is -1.35. The molecule has 0 radical (unpaired) electrons. The van der Waals surface area contributed by atoms with E-state index < -0.39 is 0 Å². The van der Waals surface area contributed by atoms with Crippen molar-refractivity contribution in [3.63, 3.8) is 0 Å². The zero-order valence-electron chi connectivity index (χ0n) is 11.8. The fourth-order valence-electron chi connectivity index (χ4n) is 2.86. The van der Waals surface area contributed by atoms with Crippen LogP contribution in [-0.4, -0.2) is 30.6 Å². The normalized spacial score (nSPS) is 23.5. The summed E-state index contributed by atoms with van der Waals surface area (Å²) in [5, 5.41) is 0. The Morgan fingerprint density at radius 1 is 1.26 bits per heavy atom. The van der Waals surface area contributed by atoms with E-state index in [1.807, 2.05) is 13.0 Å². The molecule has 104 valence electrons. The first kappa shape index (κ1) is 14.1. The largest absolute Gasteiger partial charge is 0.466 e. The molecule has 1 aliphatic heterocycles. The predicted octanol–water partition coefficient (Wildman–Crippen LogP) is 2.71. The number of rotatable bonds is 5. The number of hydrogen-bond donors (Lipinski definition) is 0. The molecule has 1 aliphatic rings. The van der Waals surface area contributed by atoms with Crippen LogP contribution >= 0.6 is 0 Å². The minimum atomic E-state index is -0.0232. The van der Waals surface area contributed by atoms with Gasteiger partial charge in [-0.25, -0.2) is 0 Å². The molecule has 1 fully saturated rings. The molecule has 3 heteroatoms. The van der Waals surface area contributed by atoms with Crippen LogP contribution in [0, 0.1) is 11.8 Å². The Balaban J connectivity index is 1.97. The lowest BCUT2D eigenvalue weighted by atomic mass is 9.94. The lowest BCUT2D eigenvalue weighted by molar-refractivity contribution is -0.148. The predicted molar refractivity (Wildman–Crippen MR) is 75.6 cm³/mol. The SMILES string of the molecule is CCOC(=O)[C@@H]1CN(Cc2ccccc2)CC1CC. The van der Waals surface area contributed by atoms with Crippen LogP contribution in [-0.2, 0) is 16.1 Å². The lowest BCUT2D eigenvalue weighted by Gasteiger charge is -2.15. The summed E-state index contributed by atoms with van der Waals surface area (Å²) in [5.41, 5.74) is 1.31. The maximum absolute atomic E-state index is 12.0. The molecular weight excluding hydrogens is 238 g/mol. The summed E-state index contributed by atoms with van der Waals surface area (Å²) in [7, 11) is 0. The third-order valence-electron chi connectivity index (χ3n) is 3.88. The van der Waals surface area contributed by atoms with E-state index >= 15 is 0 Å². The molecule has 0 bridgehead atoms. The number of carbonyl (C=O) groups excluding carboxylic acids is 1. The highest BCUT2D eigenvalue weighted by Crippen LogP contribution is 2.28. The first-order chi connectivity index (χ1) is 9.24. The van der Waals surface area contributed by atoms with Crippen molar-refractivity contribution >= 4 is 5.97 Å². The zero-order chi connectivity index (χ0) is 13.7. The van der Waals surface area contributed by atoms with Gasteiger partial charge in [0.25, 0.3) is 0 Å². The number of esters is 1. The maximum Gasteiger partial charge on any atom is 0.310 e. The van der Waals surface area contributed by atoms with E-state index in [4.69, 9.17) is 4.74 Å². The average molecular weight is 261 g/mol. The molecule has 2 rings (SSSR count). The molecule has 3 nitrogen and oxygen atoms in total. The van der Waals surface area contributed by atoms with Gasteiger partial charge in [0, 0.05) is 19.6 Å². The molecule has 0 aromatic heterocycles. The van der Waals surface area contributed by atoms with Crippen LogP contribution < -0.4 is 0 Å². The molecule has 1 saturated heterocycles. The van der Waals surface area contributed by atoms with Crippen molar-refractivity contribution in [2.75, 3.05) is 19.7 Å². The third-order valence-corrected chi connectivity index (χ3v) is 3.88. The van der Waals surface area contributed by atoms with Crippen molar-refractivity contribution in [1.29, 1.82) is 0 Å². The number of hydrogen-bond acceptors (Lipinski definition) is 3. The van der Waals surface area contributed by atoms with E-state index in [9.17, 15) is 4.79 Å². The van der Waals surface area contributed by atoms with Crippen LogP contribution in [0.15, 0.2) is 30.3 Å². The summed E-state index contributed by atoms with van der Waals surface area (Å²) in [6.45, 7) is 7.25. The topological polar surface area (TPSA) is 29.5 Å². The minimum absolute atomic E-state index is 0.0232. The number of ether oxygens (including phenoxy) is 1. The first-order valence-electron chi connectivity index (χ1n) is 7.17. The van der Waals surface area contributed by atoms with Gasteiger partial charge in [-0.1, -0.05) is 43.7 Å². The standard InChI is InChI=1S/C16H23NO2/c1-3-14-11-17(10-13-8-6-5-7-9-13)12-15(14)16(18)19-4-2/h5-9,14-15H,3-4,10-12H2,1-2H3/t14?,15-/m1/s1. The summed E-state index contributed by atoms with van der Waals surface area (Å²) in [4.78, 5) is 14.3. The van der Waals surface area contributed by atoms with Crippen LogP contribution in [0.2, 0.25) is 0 Å². The number of benzene rings is 1. The Morgan fingerprint density at radius 3 is 2.63 bits per heavy atom. The average Bonchev–Trinajstić information content (AvgIpc) is 2.83. The van der Waals surface area contributed by atoms with Gasteiger partial charge in [-0.05, 0) is 18.4 Å². The quantitative estimate of drug-likeness (QED) is 0.763.